The Hall–Kier alpha value is 1.84. The monoisotopic (exact) mass is 550 g/mol. The third-order valence-electron chi connectivity index (χ3n) is 1.06. The molecule has 11 heavy (non-hydrogen) atoms. The average molecular weight is 549 g/mol. The molecule has 0 saturated heterocycles. The van der Waals surface area contributed by atoms with Crippen molar-refractivity contribution in [1.82, 2.24) is 0 Å². The van der Waals surface area contributed by atoms with E-state index < -0.39 is 42.3 Å². The van der Waals surface area contributed by atoms with Crippen LogP contribution in [0, 0.1) is 0 Å². The van der Waals surface area contributed by atoms with Crippen molar-refractivity contribution in [2.45, 2.75) is 42.3 Å². The van der Waals surface area contributed by atoms with Gasteiger partial charge in [-0.1, -0.05) is 0 Å². The van der Waals surface area contributed by atoms with Crippen LogP contribution in [0.2, 0.25) is 35.4 Å². The van der Waals surface area contributed by atoms with Gasteiger partial charge in [0.15, 0.2) is 0 Å². The summed E-state index contributed by atoms with van der Waals surface area (Å²) >= 11 is -2.61. The molecule has 0 aromatic rings. The van der Waals surface area contributed by atoms with Gasteiger partial charge >= 0.3 is 84.6 Å². The van der Waals surface area contributed by atoms with Crippen LogP contribution in [0.25, 0.3) is 0 Å². The summed E-state index contributed by atoms with van der Waals surface area (Å²) in [5, 5.41) is 0. The third kappa shape index (κ3) is 48.9. The molecular formula is C9H26Pb2. The first-order valence-corrected chi connectivity index (χ1v) is 34.5. The Labute approximate surface area is 83.5 Å². The Morgan fingerprint density at radius 3 is 0.818 bits per heavy atom. The average Bonchev–Trinajstić information content (AvgIpc) is 1.59. The molecule has 0 aliphatic carbocycles. The summed E-state index contributed by atoms with van der Waals surface area (Å²) in [5.74, 6) is 0. The molecule has 0 aromatic heterocycles. The standard InChI is InChI=1S/C2H5.7CH3.2Pb/c1-2;;;;;;;;;/h1H2,2H3;7*1H3;;. The van der Waals surface area contributed by atoms with E-state index in [1.165, 1.54) is 3.98 Å². The fourth-order valence-electron chi connectivity index (χ4n) is 0. The van der Waals surface area contributed by atoms with Gasteiger partial charge in [-0.2, -0.15) is 0 Å². The predicted octanol–water partition coefficient (Wildman–Crippen LogP) is 4.30. The van der Waals surface area contributed by atoms with Crippen LogP contribution in [0.3, 0.4) is 0 Å². The van der Waals surface area contributed by atoms with Crippen LogP contribution in [-0.2, 0) is 0 Å². The molecule has 0 N–H and O–H groups in total. The van der Waals surface area contributed by atoms with E-state index in [-0.39, 0.29) is 0 Å². The van der Waals surface area contributed by atoms with Crippen molar-refractivity contribution < 1.29 is 0 Å². The van der Waals surface area contributed by atoms with E-state index in [4.69, 9.17) is 0 Å². The van der Waals surface area contributed by atoms with E-state index in [1.807, 2.05) is 0 Å². The molecule has 0 aliphatic heterocycles. The van der Waals surface area contributed by atoms with Crippen LogP contribution < -0.4 is 0 Å². The van der Waals surface area contributed by atoms with Gasteiger partial charge in [-0.05, 0) is 0 Å². The summed E-state index contributed by atoms with van der Waals surface area (Å²) in [7, 11) is 0. The first-order chi connectivity index (χ1) is 4.56. The molecule has 0 amide bonds. The quantitative estimate of drug-likeness (QED) is 0.429. The van der Waals surface area contributed by atoms with Crippen molar-refractivity contribution in [2.24, 2.45) is 0 Å². The normalized spacial score (nSPS) is 12.0. The van der Waals surface area contributed by atoms with Gasteiger partial charge in [0.25, 0.3) is 0 Å². The zero-order valence-corrected chi connectivity index (χ0v) is 17.5. The van der Waals surface area contributed by atoms with Crippen molar-refractivity contribution in [3.05, 3.63) is 0 Å². The van der Waals surface area contributed by atoms with Crippen molar-refractivity contribution >= 4 is 42.3 Å². The molecule has 0 rings (SSSR count). The Balaban J connectivity index is 0. The van der Waals surface area contributed by atoms with E-state index in [2.05, 4.69) is 38.3 Å². The molecule has 0 bridgehead atoms. The maximum atomic E-state index is 2.47. The Morgan fingerprint density at radius 1 is 0.727 bits per heavy atom. The van der Waals surface area contributed by atoms with E-state index >= 15 is 0 Å². The SMILES string of the molecule is C[CH2][Pb]([CH3])([CH3])[CH3].[CH3][Pb]([CH3])([CH3])[CH3]. The molecule has 2 heteroatoms. The molecule has 0 nitrogen and oxygen atoms in total. The fourth-order valence-corrected chi connectivity index (χ4v) is 0. The van der Waals surface area contributed by atoms with Gasteiger partial charge in [0, 0.05) is 0 Å². The molecule has 0 heterocycles. The van der Waals surface area contributed by atoms with E-state index in [9.17, 15) is 0 Å². The molecular weight excluding hydrogens is 522 g/mol. The van der Waals surface area contributed by atoms with Crippen molar-refractivity contribution in [3.63, 3.8) is 0 Å². The van der Waals surface area contributed by atoms with Gasteiger partial charge < -0.3 is 0 Å². The van der Waals surface area contributed by atoms with Crippen LogP contribution in [-0.4, -0.2) is 42.3 Å². The molecule has 0 spiro atoms. The Bertz CT molecular complexity index is 78.7. The number of rotatable bonds is 1. The van der Waals surface area contributed by atoms with Crippen molar-refractivity contribution in [1.29, 1.82) is 0 Å². The van der Waals surface area contributed by atoms with Gasteiger partial charge in [0.2, 0.25) is 0 Å². The minimum absolute atomic E-state index is 1.28. The van der Waals surface area contributed by atoms with Crippen molar-refractivity contribution in [3.8, 4) is 0 Å². The molecule has 0 aliphatic rings. The molecule has 0 fully saturated rings. The summed E-state index contributed by atoms with van der Waals surface area (Å²) in [6, 6.07) is 0. The van der Waals surface area contributed by atoms with Crippen LogP contribution in [0.15, 0.2) is 0 Å². The maximum absolute atomic E-state index is 2.47. The second-order valence-electron chi connectivity index (χ2n) is 5.91. The van der Waals surface area contributed by atoms with Crippen LogP contribution in [0.4, 0.5) is 0 Å². The summed E-state index contributed by atoms with van der Waals surface area (Å²) < 4.78 is 18.5. The van der Waals surface area contributed by atoms with Gasteiger partial charge in [0.1, 0.15) is 0 Å². The zero-order valence-electron chi connectivity index (χ0n) is 9.71. The summed E-state index contributed by atoms with van der Waals surface area (Å²) in [4.78, 5) is 0. The summed E-state index contributed by atoms with van der Waals surface area (Å²) in [6.07, 6.45) is 0. The first-order valence-electron chi connectivity index (χ1n) is 4.56. The molecule has 0 atom stereocenters. The molecule has 0 saturated carbocycles. The summed E-state index contributed by atoms with van der Waals surface area (Å²) in [6.45, 7) is 2.31. The molecule has 0 aromatic carbocycles. The van der Waals surface area contributed by atoms with E-state index in [1.54, 1.807) is 0 Å². The molecule has 70 valence electrons. The minimum atomic E-state index is -1.33. The first kappa shape index (κ1) is 15.3. The number of hydrogen-bond donors (Lipinski definition) is 0. The van der Waals surface area contributed by atoms with Gasteiger partial charge in [-0.3, -0.25) is 0 Å². The predicted molar refractivity (Wildman–Crippen MR) is 63.0 cm³/mol. The topological polar surface area (TPSA) is 0 Å². The molecule has 0 unspecified atom stereocenters. The van der Waals surface area contributed by atoms with Gasteiger partial charge in [-0.15, -0.1) is 0 Å². The van der Waals surface area contributed by atoms with Crippen LogP contribution >= 0.6 is 0 Å². The third-order valence-corrected chi connectivity index (χ3v) is 9.31. The fraction of sp³-hybridized carbons (Fsp3) is 1.00. The molecule has 0 radical (unpaired) electrons. The van der Waals surface area contributed by atoms with E-state index in [0.717, 1.165) is 0 Å². The van der Waals surface area contributed by atoms with Crippen molar-refractivity contribution in [2.75, 3.05) is 0 Å². The van der Waals surface area contributed by atoms with E-state index in [0.29, 0.717) is 0 Å². The van der Waals surface area contributed by atoms with Gasteiger partial charge in [-0.25, -0.2) is 0 Å². The second-order valence-corrected chi connectivity index (χ2v) is 51.9. The number of hydrogen-bond acceptors (Lipinski definition) is 0. The second kappa shape index (κ2) is 6.32. The van der Waals surface area contributed by atoms with Gasteiger partial charge in [0.05, 0.1) is 0 Å². The Kier molecular flexibility index (Phi) is 8.80. The van der Waals surface area contributed by atoms with Crippen LogP contribution in [0.1, 0.15) is 6.92 Å². The zero-order chi connectivity index (χ0) is 9.71. The van der Waals surface area contributed by atoms with Crippen LogP contribution in [0.5, 0.6) is 0 Å². The summed E-state index contributed by atoms with van der Waals surface area (Å²) in [5.41, 5.74) is 0. The Morgan fingerprint density at radius 2 is 0.818 bits per heavy atom.